The predicted octanol–water partition coefficient (Wildman–Crippen LogP) is 2.46. The molecule has 0 N–H and O–H groups in total. The van der Waals surface area contributed by atoms with Gasteiger partial charge in [-0.3, -0.25) is 4.79 Å². The summed E-state index contributed by atoms with van der Waals surface area (Å²) < 4.78 is 10.4. The Morgan fingerprint density at radius 3 is 2.95 bits per heavy atom. The highest BCUT2D eigenvalue weighted by atomic mass is 35.5. The van der Waals surface area contributed by atoms with Crippen molar-refractivity contribution in [2.45, 2.75) is 12.3 Å². The van der Waals surface area contributed by atoms with Gasteiger partial charge in [-0.05, 0) is 12.1 Å². The second-order valence-electron chi connectivity index (χ2n) is 4.28. The minimum atomic E-state index is -0.461. The second-order valence-corrected chi connectivity index (χ2v) is 4.69. The van der Waals surface area contributed by atoms with Crippen molar-refractivity contribution in [1.29, 1.82) is 0 Å². The van der Waals surface area contributed by atoms with Gasteiger partial charge in [0.2, 0.25) is 11.7 Å². The average Bonchev–Trinajstić information content (AvgIpc) is 2.89. The summed E-state index contributed by atoms with van der Waals surface area (Å²) >= 11 is 6.07. The number of benzene rings is 1. The van der Waals surface area contributed by atoms with Crippen molar-refractivity contribution in [3.05, 3.63) is 35.2 Å². The highest BCUT2D eigenvalue weighted by molar-refractivity contribution is 6.33. The quantitative estimate of drug-likeness (QED) is 0.844. The highest BCUT2D eigenvalue weighted by Crippen LogP contribution is 2.27. The van der Waals surface area contributed by atoms with E-state index in [9.17, 15) is 4.79 Å². The molecule has 1 aliphatic rings. The van der Waals surface area contributed by atoms with E-state index >= 15 is 0 Å². The molecule has 1 aliphatic heterocycles. The molecule has 0 radical (unpaired) electrons. The molecule has 5 nitrogen and oxygen atoms in total. The summed E-state index contributed by atoms with van der Waals surface area (Å²) in [5.41, 5.74) is 0.684. The number of rotatable bonds is 2. The smallest absolute Gasteiger partial charge is 0.239 e. The molecule has 98 valence electrons. The van der Waals surface area contributed by atoms with Gasteiger partial charge in [-0.1, -0.05) is 28.9 Å². The molecule has 0 bridgehead atoms. The van der Waals surface area contributed by atoms with Crippen LogP contribution in [0.5, 0.6) is 0 Å². The van der Waals surface area contributed by atoms with Crippen molar-refractivity contribution >= 4 is 17.4 Å². The molecule has 6 heteroatoms. The Morgan fingerprint density at radius 2 is 2.16 bits per heavy atom. The van der Waals surface area contributed by atoms with E-state index in [0.29, 0.717) is 41.9 Å². The summed E-state index contributed by atoms with van der Waals surface area (Å²) in [6.07, 6.45) is 0.383. The molecule has 1 aromatic carbocycles. The largest absolute Gasteiger partial charge is 0.380 e. The summed E-state index contributed by atoms with van der Waals surface area (Å²) in [6.45, 7) is 0.754. The Hall–Kier alpha value is -1.72. The van der Waals surface area contributed by atoms with Gasteiger partial charge < -0.3 is 9.26 Å². The molecule has 1 fully saturated rings. The van der Waals surface area contributed by atoms with Crippen molar-refractivity contribution in [2.75, 3.05) is 13.2 Å². The van der Waals surface area contributed by atoms with E-state index in [1.54, 1.807) is 12.1 Å². The lowest BCUT2D eigenvalue weighted by molar-refractivity contribution is -0.127. The van der Waals surface area contributed by atoms with Crippen LogP contribution in [0.15, 0.2) is 28.8 Å². The lowest BCUT2D eigenvalue weighted by atomic mass is 10.0. The van der Waals surface area contributed by atoms with Crippen LogP contribution in [0.4, 0.5) is 0 Å². The molecule has 1 atom stereocenters. The standard InChI is InChI=1S/C13H11ClN2O3/c14-10-4-2-1-3-8(10)12-15-13(19-16-12)9-7-18-6-5-11(9)17/h1-4,9H,5-7H2. The molecule has 0 saturated carbocycles. The summed E-state index contributed by atoms with van der Waals surface area (Å²) in [5.74, 6) is 0.289. The number of nitrogens with zero attached hydrogens (tertiary/aromatic N) is 2. The van der Waals surface area contributed by atoms with Gasteiger partial charge >= 0.3 is 0 Å². The number of hydrogen-bond acceptors (Lipinski definition) is 5. The van der Waals surface area contributed by atoms with Crippen LogP contribution in [0.25, 0.3) is 11.4 Å². The van der Waals surface area contributed by atoms with E-state index in [0.717, 1.165) is 0 Å². The molecule has 1 saturated heterocycles. The van der Waals surface area contributed by atoms with Crippen LogP contribution in [0.1, 0.15) is 18.2 Å². The maximum atomic E-state index is 11.8. The first-order valence-electron chi connectivity index (χ1n) is 5.94. The van der Waals surface area contributed by atoms with E-state index in [-0.39, 0.29) is 5.78 Å². The van der Waals surface area contributed by atoms with Gasteiger partial charge in [-0.2, -0.15) is 4.98 Å². The predicted molar refractivity (Wildman–Crippen MR) is 67.9 cm³/mol. The molecule has 2 heterocycles. The van der Waals surface area contributed by atoms with Crippen LogP contribution < -0.4 is 0 Å². The normalized spacial score (nSPS) is 19.6. The van der Waals surface area contributed by atoms with Crippen LogP contribution in [-0.4, -0.2) is 29.1 Å². The third-order valence-electron chi connectivity index (χ3n) is 3.02. The first-order chi connectivity index (χ1) is 9.25. The van der Waals surface area contributed by atoms with E-state index in [1.807, 2.05) is 12.1 Å². The van der Waals surface area contributed by atoms with Crippen LogP contribution in [0.3, 0.4) is 0 Å². The van der Waals surface area contributed by atoms with Gasteiger partial charge in [0, 0.05) is 12.0 Å². The number of carbonyl (C=O) groups excluding carboxylic acids is 1. The number of aromatic nitrogens is 2. The zero-order valence-electron chi connectivity index (χ0n) is 10.0. The van der Waals surface area contributed by atoms with Crippen LogP contribution >= 0.6 is 11.6 Å². The van der Waals surface area contributed by atoms with Crippen LogP contribution in [0.2, 0.25) is 5.02 Å². The van der Waals surface area contributed by atoms with E-state index in [1.165, 1.54) is 0 Å². The second kappa shape index (κ2) is 5.11. The van der Waals surface area contributed by atoms with E-state index < -0.39 is 5.92 Å². The lowest BCUT2D eigenvalue weighted by Crippen LogP contribution is -2.25. The summed E-state index contributed by atoms with van der Waals surface area (Å²) in [6, 6.07) is 7.22. The van der Waals surface area contributed by atoms with Crippen LogP contribution in [-0.2, 0) is 9.53 Å². The molecule has 19 heavy (non-hydrogen) atoms. The van der Waals surface area contributed by atoms with E-state index in [2.05, 4.69) is 10.1 Å². The molecule has 0 aliphatic carbocycles. The Kier molecular flexibility index (Phi) is 3.31. The van der Waals surface area contributed by atoms with Gasteiger partial charge in [-0.25, -0.2) is 0 Å². The van der Waals surface area contributed by atoms with Gasteiger partial charge in [0.15, 0.2) is 0 Å². The monoisotopic (exact) mass is 278 g/mol. The molecule has 2 aromatic rings. The molecular weight excluding hydrogens is 268 g/mol. The topological polar surface area (TPSA) is 65.2 Å². The number of ether oxygens (including phenoxy) is 1. The van der Waals surface area contributed by atoms with Crippen LogP contribution in [0, 0.1) is 0 Å². The molecule has 1 unspecified atom stereocenters. The Bertz CT molecular complexity index is 611. The first kappa shape index (κ1) is 12.3. The number of halogens is 1. The third-order valence-corrected chi connectivity index (χ3v) is 3.35. The minimum absolute atomic E-state index is 0.0700. The lowest BCUT2D eigenvalue weighted by Gasteiger charge is -2.17. The number of Topliss-reactive ketones (excluding diaryl/α,β-unsaturated/α-hetero) is 1. The van der Waals surface area contributed by atoms with Crippen molar-refractivity contribution < 1.29 is 14.1 Å². The number of hydrogen-bond donors (Lipinski definition) is 0. The third kappa shape index (κ3) is 2.39. The maximum absolute atomic E-state index is 11.8. The fourth-order valence-electron chi connectivity index (χ4n) is 1.98. The fourth-order valence-corrected chi connectivity index (χ4v) is 2.20. The molecule has 3 rings (SSSR count). The molecular formula is C13H11ClN2O3. The number of ketones is 1. The van der Waals surface area contributed by atoms with Crippen molar-refractivity contribution in [3.8, 4) is 11.4 Å². The summed E-state index contributed by atoms with van der Waals surface area (Å²) in [7, 11) is 0. The van der Waals surface area contributed by atoms with Crippen molar-refractivity contribution in [3.63, 3.8) is 0 Å². The summed E-state index contributed by atoms with van der Waals surface area (Å²) in [4.78, 5) is 16.0. The van der Waals surface area contributed by atoms with Gasteiger partial charge in [0.05, 0.1) is 18.2 Å². The number of carbonyl (C=O) groups is 1. The van der Waals surface area contributed by atoms with Gasteiger partial charge in [-0.15, -0.1) is 0 Å². The Labute approximate surface area is 114 Å². The Balaban J connectivity index is 1.91. The molecule has 0 amide bonds. The zero-order valence-corrected chi connectivity index (χ0v) is 10.8. The SMILES string of the molecule is O=C1CCOCC1c1nc(-c2ccccc2Cl)no1. The van der Waals surface area contributed by atoms with Crippen molar-refractivity contribution in [1.82, 2.24) is 10.1 Å². The highest BCUT2D eigenvalue weighted by Gasteiger charge is 2.30. The summed E-state index contributed by atoms with van der Waals surface area (Å²) in [5, 5.41) is 4.42. The Morgan fingerprint density at radius 1 is 1.32 bits per heavy atom. The van der Waals surface area contributed by atoms with Gasteiger partial charge in [0.25, 0.3) is 0 Å². The first-order valence-corrected chi connectivity index (χ1v) is 6.32. The van der Waals surface area contributed by atoms with Crippen molar-refractivity contribution in [2.24, 2.45) is 0 Å². The minimum Gasteiger partial charge on any atom is -0.380 e. The zero-order chi connectivity index (χ0) is 13.2. The van der Waals surface area contributed by atoms with E-state index in [4.69, 9.17) is 20.9 Å². The molecule has 0 spiro atoms. The average molecular weight is 279 g/mol. The molecule has 1 aromatic heterocycles. The fraction of sp³-hybridized carbons (Fsp3) is 0.308. The maximum Gasteiger partial charge on any atom is 0.239 e. The van der Waals surface area contributed by atoms with Gasteiger partial charge in [0.1, 0.15) is 11.7 Å².